The number of hydrogen-bond acceptors (Lipinski definition) is 4. The van der Waals surface area contributed by atoms with Crippen LogP contribution >= 0.6 is 11.6 Å². The van der Waals surface area contributed by atoms with Crippen LogP contribution in [0.1, 0.15) is 20.7 Å². The lowest BCUT2D eigenvalue weighted by Crippen LogP contribution is -2.24. The van der Waals surface area contributed by atoms with Crippen LogP contribution in [0.2, 0.25) is 5.02 Å². The maximum absolute atomic E-state index is 12.3. The molecule has 2 aromatic carbocycles. The number of carbonyl (C=O) groups is 2. The summed E-state index contributed by atoms with van der Waals surface area (Å²) in [4.78, 5) is 23.3. The van der Waals surface area contributed by atoms with Gasteiger partial charge in [-0.15, -0.1) is 0 Å². The lowest BCUT2D eigenvalue weighted by molar-refractivity contribution is -0.254. The van der Waals surface area contributed by atoms with Gasteiger partial charge in [0, 0.05) is 10.6 Å². The van der Waals surface area contributed by atoms with Crippen molar-refractivity contribution in [1.82, 2.24) is 0 Å². The molecule has 108 valence electrons. The van der Waals surface area contributed by atoms with Gasteiger partial charge in [-0.2, -0.15) is 0 Å². The van der Waals surface area contributed by atoms with Crippen LogP contribution in [0.3, 0.4) is 0 Å². The summed E-state index contributed by atoms with van der Waals surface area (Å²) < 4.78 is 5.09. The van der Waals surface area contributed by atoms with Crippen molar-refractivity contribution in [2.75, 3.05) is 12.4 Å². The number of nitrogens with one attached hydrogen (secondary N) is 1. The molecule has 1 N–H and O–H groups in total. The van der Waals surface area contributed by atoms with Crippen LogP contribution in [0, 0.1) is 0 Å². The third-order valence-electron chi connectivity index (χ3n) is 2.80. The predicted molar refractivity (Wildman–Crippen MR) is 76.7 cm³/mol. The van der Waals surface area contributed by atoms with Crippen LogP contribution in [0.15, 0.2) is 42.5 Å². The third kappa shape index (κ3) is 3.32. The molecule has 0 unspecified atom stereocenters. The van der Waals surface area contributed by atoms with Gasteiger partial charge in [0.15, 0.2) is 0 Å². The lowest BCUT2D eigenvalue weighted by Gasteiger charge is -2.13. The molecular weight excluding hydrogens is 294 g/mol. The summed E-state index contributed by atoms with van der Waals surface area (Å²) in [5, 5.41) is 13.9. The SMILES string of the molecule is COc1ccc(Cl)cc1C(=O)Nc1ccccc1C(=O)[O-]. The molecule has 0 saturated carbocycles. The maximum Gasteiger partial charge on any atom is 0.259 e. The number of amides is 1. The van der Waals surface area contributed by atoms with Gasteiger partial charge in [0.25, 0.3) is 5.91 Å². The van der Waals surface area contributed by atoms with Gasteiger partial charge in [0.1, 0.15) is 5.75 Å². The van der Waals surface area contributed by atoms with E-state index in [1.54, 1.807) is 24.3 Å². The number of ether oxygens (including phenoxy) is 1. The highest BCUT2D eigenvalue weighted by Crippen LogP contribution is 2.24. The molecule has 0 aliphatic carbocycles. The molecule has 1 amide bonds. The molecule has 0 saturated heterocycles. The molecule has 2 aromatic rings. The Morgan fingerprint density at radius 3 is 2.52 bits per heavy atom. The number of halogens is 1. The zero-order valence-electron chi connectivity index (χ0n) is 11.1. The van der Waals surface area contributed by atoms with Gasteiger partial charge in [-0.25, -0.2) is 0 Å². The summed E-state index contributed by atoms with van der Waals surface area (Å²) in [5.74, 6) is -1.56. The fraction of sp³-hybridized carbons (Fsp3) is 0.0667. The van der Waals surface area contributed by atoms with Gasteiger partial charge in [-0.05, 0) is 24.3 Å². The van der Waals surface area contributed by atoms with Crippen molar-refractivity contribution < 1.29 is 19.4 Å². The zero-order valence-corrected chi connectivity index (χ0v) is 11.8. The van der Waals surface area contributed by atoms with E-state index in [1.807, 2.05) is 0 Å². The van der Waals surface area contributed by atoms with Crippen LogP contribution in [-0.4, -0.2) is 19.0 Å². The minimum atomic E-state index is -1.37. The molecule has 0 aliphatic heterocycles. The minimum Gasteiger partial charge on any atom is -0.545 e. The van der Waals surface area contributed by atoms with Crippen LogP contribution in [0.4, 0.5) is 5.69 Å². The summed E-state index contributed by atoms with van der Waals surface area (Å²) in [7, 11) is 1.43. The van der Waals surface area contributed by atoms with Gasteiger partial charge in [-0.1, -0.05) is 29.8 Å². The quantitative estimate of drug-likeness (QED) is 0.936. The molecule has 2 rings (SSSR count). The molecule has 0 radical (unpaired) electrons. The normalized spacial score (nSPS) is 10.0. The molecular formula is C15H11ClNO4-. The summed E-state index contributed by atoms with van der Waals surface area (Å²) in [6, 6.07) is 10.6. The molecule has 0 heterocycles. The van der Waals surface area contributed by atoms with Gasteiger partial charge in [-0.3, -0.25) is 4.79 Å². The van der Waals surface area contributed by atoms with E-state index in [0.29, 0.717) is 10.8 Å². The number of carbonyl (C=O) groups excluding carboxylic acids is 2. The van der Waals surface area contributed by atoms with Crippen molar-refractivity contribution in [2.24, 2.45) is 0 Å². The summed E-state index contributed by atoms with van der Waals surface area (Å²) in [6.07, 6.45) is 0. The second kappa shape index (κ2) is 6.28. The molecule has 6 heteroatoms. The Hall–Kier alpha value is -2.53. The number of aromatic carboxylic acids is 1. The predicted octanol–water partition coefficient (Wildman–Crippen LogP) is 1.96. The highest BCUT2D eigenvalue weighted by molar-refractivity contribution is 6.31. The third-order valence-corrected chi connectivity index (χ3v) is 3.04. The molecule has 0 aromatic heterocycles. The first kappa shape index (κ1) is 14.9. The van der Waals surface area contributed by atoms with E-state index in [-0.39, 0.29) is 16.8 Å². The fourth-order valence-electron chi connectivity index (χ4n) is 1.82. The molecule has 0 atom stereocenters. The number of benzene rings is 2. The number of para-hydroxylation sites is 1. The topological polar surface area (TPSA) is 78.5 Å². The van der Waals surface area contributed by atoms with Gasteiger partial charge in [0.05, 0.1) is 24.3 Å². The zero-order chi connectivity index (χ0) is 15.4. The second-order valence-electron chi connectivity index (χ2n) is 4.13. The fourth-order valence-corrected chi connectivity index (χ4v) is 1.99. The maximum atomic E-state index is 12.3. The van der Waals surface area contributed by atoms with Gasteiger partial charge in [0.2, 0.25) is 0 Å². The van der Waals surface area contributed by atoms with E-state index in [0.717, 1.165) is 0 Å². The van der Waals surface area contributed by atoms with Crippen molar-refractivity contribution in [3.05, 3.63) is 58.6 Å². The molecule has 5 nitrogen and oxygen atoms in total. The van der Waals surface area contributed by atoms with E-state index >= 15 is 0 Å². The van der Waals surface area contributed by atoms with E-state index in [2.05, 4.69) is 5.32 Å². The van der Waals surface area contributed by atoms with Crippen molar-refractivity contribution in [3.63, 3.8) is 0 Å². The second-order valence-corrected chi connectivity index (χ2v) is 4.57. The van der Waals surface area contributed by atoms with Crippen molar-refractivity contribution in [3.8, 4) is 5.75 Å². The van der Waals surface area contributed by atoms with E-state index < -0.39 is 11.9 Å². The lowest BCUT2D eigenvalue weighted by atomic mass is 10.1. The molecule has 0 spiro atoms. The standard InChI is InChI=1S/C15H12ClNO4/c1-21-13-7-6-9(16)8-11(13)14(18)17-12-5-3-2-4-10(12)15(19)20/h2-8H,1H3,(H,17,18)(H,19,20)/p-1. The number of methoxy groups -OCH3 is 1. The van der Waals surface area contributed by atoms with E-state index in [4.69, 9.17) is 16.3 Å². The minimum absolute atomic E-state index is 0.105. The number of hydrogen-bond donors (Lipinski definition) is 1. The first-order chi connectivity index (χ1) is 10.0. The number of rotatable bonds is 4. The van der Waals surface area contributed by atoms with Crippen LogP contribution in [0.5, 0.6) is 5.75 Å². The highest BCUT2D eigenvalue weighted by atomic mass is 35.5. The van der Waals surface area contributed by atoms with E-state index in [9.17, 15) is 14.7 Å². The first-order valence-corrected chi connectivity index (χ1v) is 6.36. The van der Waals surface area contributed by atoms with Crippen molar-refractivity contribution >= 4 is 29.2 Å². The monoisotopic (exact) mass is 304 g/mol. The first-order valence-electron chi connectivity index (χ1n) is 5.98. The summed E-state index contributed by atoms with van der Waals surface area (Å²) in [5.41, 5.74) is 0.245. The average Bonchev–Trinajstić information content (AvgIpc) is 2.47. The Morgan fingerprint density at radius 1 is 1.14 bits per heavy atom. The van der Waals surface area contributed by atoms with Crippen LogP contribution in [-0.2, 0) is 0 Å². The summed E-state index contributed by atoms with van der Waals surface area (Å²) in [6.45, 7) is 0. The number of carboxylic acids is 1. The Kier molecular flexibility index (Phi) is 4.45. The largest absolute Gasteiger partial charge is 0.545 e. The van der Waals surface area contributed by atoms with Gasteiger partial charge < -0.3 is 20.0 Å². The van der Waals surface area contributed by atoms with Gasteiger partial charge >= 0.3 is 0 Å². The highest BCUT2D eigenvalue weighted by Gasteiger charge is 2.14. The molecule has 0 aliphatic rings. The molecule has 0 fully saturated rings. The Bertz CT molecular complexity index is 700. The van der Waals surface area contributed by atoms with Crippen molar-refractivity contribution in [1.29, 1.82) is 0 Å². The van der Waals surface area contributed by atoms with E-state index in [1.165, 1.54) is 25.3 Å². The van der Waals surface area contributed by atoms with Crippen LogP contribution < -0.4 is 15.2 Å². The average molecular weight is 305 g/mol. The number of anilines is 1. The molecule has 21 heavy (non-hydrogen) atoms. The Balaban J connectivity index is 2.35. The molecule has 0 bridgehead atoms. The van der Waals surface area contributed by atoms with Crippen molar-refractivity contribution in [2.45, 2.75) is 0 Å². The van der Waals surface area contributed by atoms with Crippen LogP contribution in [0.25, 0.3) is 0 Å². The summed E-state index contributed by atoms with van der Waals surface area (Å²) >= 11 is 5.86. The number of carboxylic acid groups (broad SMARTS) is 1. The Morgan fingerprint density at radius 2 is 1.86 bits per heavy atom. The smallest absolute Gasteiger partial charge is 0.259 e. The Labute approximate surface area is 126 Å².